The van der Waals surface area contributed by atoms with Gasteiger partial charge in [-0.2, -0.15) is 5.10 Å². The number of aryl methyl sites for hydroxylation is 1. The van der Waals surface area contributed by atoms with Gasteiger partial charge < -0.3 is 0 Å². The van der Waals surface area contributed by atoms with Gasteiger partial charge in [0.25, 0.3) is 0 Å². The Labute approximate surface area is 112 Å². The highest BCUT2D eigenvalue weighted by Gasteiger charge is 2.29. The molecule has 1 aliphatic rings. The number of hydrogen-bond acceptors (Lipinski definition) is 2. The van der Waals surface area contributed by atoms with E-state index in [4.69, 9.17) is 0 Å². The van der Waals surface area contributed by atoms with Crippen molar-refractivity contribution in [1.82, 2.24) is 14.7 Å². The van der Waals surface area contributed by atoms with Crippen molar-refractivity contribution in [3.05, 3.63) is 53.6 Å². The van der Waals surface area contributed by atoms with E-state index >= 15 is 0 Å². The first kappa shape index (κ1) is 12.4. The molecular formula is C15H18FN3. The molecule has 3 rings (SSSR count). The molecular weight excluding hydrogens is 241 g/mol. The molecule has 19 heavy (non-hydrogen) atoms. The van der Waals surface area contributed by atoms with E-state index in [0.717, 1.165) is 31.7 Å². The van der Waals surface area contributed by atoms with E-state index in [1.807, 2.05) is 23.0 Å². The topological polar surface area (TPSA) is 21.1 Å². The number of rotatable bonds is 4. The largest absolute Gasteiger partial charge is 0.290 e. The lowest BCUT2D eigenvalue weighted by atomic mass is 9.94. The molecule has 1 aromatic heterocycles. The summed E-state index contributed by atoms with van der Waals surface area (Å²) in [4.78, 5) is 2.38. The van der Waals surface area contributed by atoms with E-state index in [1.165, 1.54) is 17.7 Å². The van der Waals surface area contributed by atoms with Gasteiger partial charge in [-0.1, -0.05) is 12.1 Å². The molecule has 0 amide bonds. The molecule has 100 valence electrons. The second kappa shape index (κ2) is 5.13. The minimum atomic E-state index is -0.170. The molecule has 0 aliphatic carbocycles. The molecule has 0 spiro atoms. The van der Waals surface area contributed by atoms with Crippen LogP contribution in [0.25, 0.3) is 0 Å². The summed E-state index contributed by atoms with van der Waals surface area (Å²) < 4.78 is 14.9. The molecule has 0 radical (unpaired) electrons. The van der Waals surface area contributed by atoms with Gasteiger partial charge in [0.15, 0.2) is 0 Å². The summed E-state index contributed by atoms with van der Waals surface area (Å²) in [5.41, 5.74) is 2.30. The van der Waals surface area contributed by atoms with Gasteiger partial charge in [-0.15, -0.1) is 0 Å². The monoisotopic (exact) mass is 259 g/mol. The Morgan fingerprint density at radius 3 is 2.63 bits per heavy atom. The molecule has 1 aliphatic heterocycles. The lowest BCUT2D eigenvalue weighted by Gasteiger charge is -2.41. The Hall–Kier alpha value is -1.68. The average Bonchev–Trinajstić information content (AvgIpc) is 2.85. The van der Waals surface area contributed by atoms with Crippen LogP contribution in [-0.2, 0) is 13.1 Å². The van der Waals surface area contributed by atoms with Crippen molar-refractivity contribution >= 4 is 0 Å². The van der Waals surface area contributed by atoms with Gasteiger partial charge in [-0.05, 0) is 37.1 Å². The zero-order valence-electron chi connectivity index (χ0n) is 11.1. The van der Waals surface area contributed by atoms with E-state index in [2.05, 4.69) is 23.0 Å². The van der Waals surface area contributed by atoms with Crippen LogP contribution >= 0.6 is 0 Å². The standard InChI is InChI=1S/C15H18FN3/c1-2-19-10-7-14(17-19)11-18-9-8-15(18)12-3-5-13(16)6-4-12/h3-7,10,15H,2,8-9,11H2,1H3/t15-/m1/s1. The van der Waals surface area contributed by atoms with Crippen LogP contribution in [0.3, 0.4) is 0 Å². The van der Waals surface area contributed by atoms with Crippen molar-refractivity contribution in [3.63, 3.8) is 0 Å². The van der Waals surface area contributed by atoms with Crippen molar-refractivity contribution in [3.8, 4) is 0 Å². The summed E-state index contributed by atoms with van der Waals surface area (Å²) in [5, 5.41) is 4.51. The molecule has 1 saturated heterocycles. The van der Waals surface area contributed by atoms with E-state index in [-0.39, 0.29) is 5.82 Å². The molecule has 4 heteroatoms. The maximum atomic E-state index is 12.9. The fraction of sp³-hybridized carbons (Fsp3) is 0.400. The molecule has 3 nitrogen and oxygen atoms in total. The molecule has 2 aromatic rings. The van der Waals surface area contributed by atoms with Crippen LogP contribution in [0.15, 0.2) is 36.5 Å². The molecule has 2 heterocycles. The van der Waals surface area contributed by atoms with Gasteiger partial charge in [0.1, 0.15) is 5.82 Å². The van der Waals surface area contributed by atoms with Gasteiger partial charge in [-0.3, -0.25) is 9.58 Å². The number of likely N-dealkylation sites (tertiary alicyclic amines) is 1. The highest BCUT2D eigenvalue weighted by atomic mass is 19.1. The Morgan fingerprint density at radius 1 is 1.26 bits per heavy atom. The third kappa shape index (κ3) is 2.54. The highest BCUT2D eigenvalue weighted by molar-refractivity contribution is 5.22. The zero-order valence-corrected chi connectivity index (χ0v) is 11.1. The Morgan fingerprint density at radius 2 is 2.05 bits per heavy atom. The lowest BCUT2D eigenvalue weighted by Crippen LogP contribution is -2.40. The smallest absolute Gasteiger partial charge is 0.123 e. The Kier molecular flexibility index (Phi) is 3.34. The minimum absolute atomic E-state index is 0.170. The number of aromatic nitrogens is 2. The SMILES string of the molecule is CCn1ccc(CN2CC[C@@H]2c2ccc(F)cc2)n1. The quantitative estimate of drug-likeness (QED) is 0.841. The van der Waals surface area contributed by atoms with Gasteiger partial charge >= 0.3 is 0 Å². The summed E-state index contributed by atoms with van der Waals surface area (Å²) >= 11 is 0. The number of hydrogen-bond donors (Lipinski definition) is 0. The Balaban J connectivity index is 1.67. The second-order valence-corrected chi connectivity index (χ2v) is 4.99. The highest BCUT2D eigenvalue weighted by Crippen LogP contribution is 2.34. The van der Waals surface area contributed by atoms with Crippen LogP contribution in [0.5, 0.6) is 0 Å². The Bertz CT molecular complexity index is 547. The summed E-state index contributed by atoms with van der Waals surface area (Å²) in [6, 6.07) is 9.33. The number of halogens is 1. The maximum absolute atomic E-state index is 12.9. The lowest BCUT2D eigenvalue weighted by molar-refractivity contribution is 0.0801. The minimum Gasteiger partial charge on any atom is -0.290 e. The van der Waals surface area contributed by atoms with Crippen molar-refractivity contribution in [2.45, 2.75) is 32.5 Å². The second-order valence-electron chi connectivity index (χ2n) is 4.99. The summed E-state index contributed by atoms with van der Waals surface area (Å²) in [7, 11) is 0. The molecule has 0 unspecified atom stereocenters. The first-order valence-corrected chi connectivity index (χ1v) is 6.78. The summed E-state index contributed by atoms with van der Waals surface area (Å²) in [5.74, 6) is -0.170. The normalized spacial score (nSPS) is 19.4. The van der Waals surface area contributed by atoms with E-state index in [9.17, 15) is 4.39 Å². The zero-order chi connectivity index (χ0) is 13.2. The summed E-state index contributed by atoms with van der Waals surface area (Å²) in [6.45, 7) is 4.94. The first-order chi connectivity index (χ1) is 9.26. The molecule has 1 atom stereocenters. The number of nitrogens with zero attached hydrogens (tertiary/aromatic N) is 3. The molecule has 0 saturated carbocycles. The number of benzene rings is 1. The molecule has 1 fully saturated rings. The third-order valence-corrected chi connectivity index (χ3v) is 3.77. The third-order valence-electron chi connectivity index (χ3n) is 3.77. The van der Waals surface area contributed by atoms with E-state index < -0.39 is 0 Å². The fourth-order valence-corrected chi connectivity index (χ4v) is 2.56. The van der Waals surface area contributed by atoms with Crippen molar-refractivity contribution in [1.29, 1.82) is 0 Å². The van der Waals surface area contributed by atoms with Crippen molar-refractivity contribution in [2.75, 3.05) is 6.54 Å². The average molecular weight is 259 g/mol. The molecule has 0 bridgehead atoms. The summed E-state index contributed by atoms with van der Waals surface area (Å²) in [6.07, 6.45) is 3.15. The van der Waals surface area contributed by atoms with E-state index in [1.54, 1.807) is 0 Å². The van der Waals surface area contributed by atoms with Gasteiger partial charge in [0, 0.05) is 31.9 Å². The predicted molar refractivity (Wildman–Crippen MR) is 72.1 cm³/mol. The van der Waals surface area contributed by atoms with Crippen molar-refractivity contribution in [2.24, 2.45) is 0 Å². The maximum Gasteiger partial charge on any atom is 0.123 e. The van der Waals surface area contributed by atoms with Crippen LogP contribution in [0.4, 0.5) is 4.39 Å². The first-order valence-electron chi connectivity index (χ1n) is 6.78. The van der Waals surface area contributed by atoms with Crippen LogP contribution in [0, 0.1) is 5.82 Å². The van der Waals surface area contributed by atoms with Crippen LogP contribution in [0.2, 0.25) is 0 Å². The van der Waals surface area contributed by atoms with E-state index in [0.29, 0.717) is 6.04 Å². The van der Waals surface area contributed by atoms with Crippen LogP contribution in [-0.4, -0.2) is 21.2 Å². The van der Waals surface area contributed by atoms with Gasteiger partial charge in [-0.25, -0.2) is 4.39 Å². The molecule has 0 N–H and O–H groups in total. The van der Waals surface area contributed by atoms with Crippen LogP contribution < -0.4 is 0 Å². The van der Waals surface area contributed by atoms with Crippen molar-refractivity contribution < 1.29 is 4.39 Å². The van der Waals surface area contributed by atoms with Gasteiger partial charge in [0.2, 0.25) is 0 Å². The molecule has 1 aromatic carbocycles. The predicted octanol–water partition coefficient (Wildman–Crippen LogP) is 2.99. The van der Waals surface area contributed by atoms with Gasteiger partial charge in [0.05, 0.1) is 5.69 Å². The fourth-order valence-electron chi connectivity index (χ4n) is 2.56. The van der Waals surface area contributed by atoms with Crippen LogP contribution in [0.1, 0.15) is 30.6 Å².